The maximum absolute atomic E-state index is 11.4. The lowest BCUT2D eigenvalue weighted by atomic mass is 10.4. The van der Waals surface area contributed by atoms with Gasteiger partial charge in [-0.15, -0.1) is 0 Å². The standard InChI is InChI=1S/C8H13NO3S/c1-13-5-7(10)9(4-8(11)12)6-2-3-6/h6H,2-5H2,1H3,(H,11,12). The van der Waals surface area contributed by atoms with Crippen molar-refractivity contribution in [3.8, 4) is 0 Å². The molecule has 0 spiro atoms. The number of hydrogen-bond donors (Lipinski definition) is 1. The number of amides is 1. The van der Waals surface area contributed by atoms with Crippen molar-refractivity contribution in [2.24, 2.45) is 0 Å². The van der Waals surface area contributed by atoms with Gasteiger partial charge in [0.05, 0.1) is 5.75 Å². The highest BCUT2D eigenvalue weighted by Gasteiger charge is 2.33. The van der Waals surface area contributed by atoms with E-state index in [0.29, 0.717) is 5.75 Å². The van der Waals surface area contributed by atoms with Gasteiger partial charge < -0.3 is 10.0 Å². The highest BCUT2D eigenvalue weighted by Crippen LogP contribution is 2.26. The number of carboxylic acid groups (broad SMARTS) is 1. The summed E-state index contributed by atoms with van der Waals surface area (Å²) in [5.74, 6) is -0.609. The first-order valence-electron chi connectivity index (χ1n) is 4.15. The van der Waals surface area contributed by atoms with Crippen molar-refractivity contribution >= 4 is 23.6 Å². The molecule has 0 saturated heterocycles. The number of nitrogens with zero attached hydrogens (tertiary/aromatic N) is 1. The average molecular weight is 203 g/mol. The van der Waals surface area contributed by atoms with Crippen LogP contribution >= 0.6 is 11.8 Å². The number of carboxylic acids is 1. The van der Waals surface area contributed by atoms with Crippen molar-refractivity contribution in [1.82, 2.24) is 4.90 Å². The Balaban J connectivity index is 2.45. The molecular weight excluding hydrogens is 190 g/mol. The zero-order valence-corrected chi connectivity index (χ0v) is 8.34. The number of hydrogen-bond acceptors (Lipinski definition) is 3. The van der Waals surface area contributed by atoms with Crippen LogP contribution in [0.3, 0.4) is 0 Å². The molecule has 0 heterocycles. The summed E-state index contributed by atoms with van der Waals surface area (Å²) in [6.07, 6.45) is 3.74. The second-order valence-corrected chi connectivity index (χ2v) is 3.95. The van der Waals surface area contributed by atoms with E-state index in [1.165, 1.54) is 16.7 Å². The Bertz CT molecular complexity index is 215. The molecule has 4 nitrogen and oxygen atoms in total. The predicted octanol–water partition coefficient (Wildman–Crippen LogP) is 0.425. The summed E-state index contributed by atoms with van der Waals surface area (Å²) >= 11 is 1.43. The zero-order chi connectivity index (χ0) is 9.84. The number of carbonyl (C=O) groups is 2. The van der Waals surface area contributed by atoms with E-state index in [4.69, 9.17) is 5.11 Å². The van der Waals surface area contributed by atoms with Crippen LogP contribution < -0.4 is 0 Å². The van der Waals surface area contributed by atoms with Crippen LogP contribution in [0, 0.1) is 0 Å². The van der Waals surface area contributed by atoms with E-state index >= 15 is 0 Å². The van der Waals surface area contributed by atoms with Crippen LogP contribution in [0.1, 0.15) is 12.8 Å². The van der Waals surface area contributed by atoms with E-state index < -0.39 is 5.97 Å². The molecule has 0 radical (unpaired) electrons. The molecule has 74 valence electrons. The molecule has 1 fully saturated rings. The van der Waals surface area contributed by atoms with Crippen LogP contribution in [-0.2, 0) is 9.59 Å². The molecule has 0 bridgehead atoms. The predicted molar refractivity (Wildman–Crippen MR) is 50.8 cm³/mol. The topological polar surface area (TPSA) is 57.6 Å². The number of thioether (sulfide) groups is 1. The maximum atomic E-state index is 11.4. The second kappa shape index (κ2) is 4.50. The van der Waals surface area contributed by atoms with Crippen molar-refractivity contribution in [3.63, 3.8) is 0 Å². The van der Waals surface area contributed by atoms with Gasteiger partial charge in [0.25, 0.3) is 0 Å². The fourth-order valence-electron chi connectivity index (χ4n) is 1.16. The van der Waals surface area contributed by atoms with E-state index in [-0.39, 0.29) is 18.5 Å². The van der Waals surface area contributed by atoms with Gasteiger partial charge in [-0.1, -0.05) is 0 Å². The normalized spacial score (nSPS) is 15.5. The summed E-state index contributed by atoms with van der Waals surface area (Å²) in [5, 5.41) is 8.58. The fourth-order valence-corrected chi connectivity index (χ4v) is 1.57. The molecular formula is C8H13NO3S. The summed E-state index contributed by atoms with van der Waals surface area (Å²) < 4.78 is 0. The summed E-state index contributed by atoms with van der Waals surface area (Å²) in [5.41, 5.74) is 0. The summed E-state index contributed by atoms with van der Waals surface area (Å²) in [6.45, 7) is -0.149. The Kier molecular flexibility index (Phi) is 3.59. The van der Waals surface area contributed by atoms with Crippen LogP contribution in [0.2, 0.25) is 0 Å². The van der Waals surface area contributed by atoms with Crippen molar-refractivity contribution < 1.29 is 14.7 Å². The molecule has 1 amide bonds. The summed E-state index contributed by atoms with van der Waals surface area (Å²) in [7, 11) is 0. The molecule has 5 heteroatoms. The van der Waals surface area contributed by atoms with Crippen LogP contribution in [0.5, 0.6) is 0 Å². The molecule has 1 aliphatic rings. The highest BCUT2D eigenvalue weighted by atomic mass is 32.2. The van der Waals surface area contributed by atoms with Crippen molar-refractivity contribution in [2.75, 3.05) is 18.6 Å². The van der Waals surface area contributed by atoms with E-state index in [2.05, 4.69) is 0 Å². The SMILES string of the molecule is CSCC(=O)N(CC(=O)O)C1CC1. The first-order chi connectivity index (χ1) is 6.15. The molecule has 1 N–H and O–H groups in total. The minimum absolute atomic E-state index is 0.0580. The van der Waals surface area contributed by atoms with Gasteiger partial charge in [-0.25, -0.2) is 0 Å². The second-order valence-electron chi connectivity index (χ2n) is 3.08. The Morgan fingerprint density at radius 3 is 2.54 bits per heavy atom. The largest absolute Gasteiger partial charge is 0.480 e. The Morgan fingerprint density at radius 1 is 1.54 bits per heavy atom. The van der Waals surface area contributed by atoms with Crippen molar-refractivity contribution in [1.29, 1.82) is 0 Å². The third kappa shape index (κ3) is 3.26. The lowest BCUT2D eigenvalue weighted by Crippen LogP contribution is -2.38. The summed E-state index contributed by atoms with van der Waals surface area (Å²) in [6, 6.07) is 0.191. The third-order valence-corrected chi connectivity index (χ3v) is 2.42. The molecule has 0 atom stereocenters. The van der Waals surface area contributed by atoms with Gasteiger partial charge in [0.1, 0.15) is 6.54 Å². The van der Waals surface area contributed by atoms with Gasteiger partial charge in [-0.05, 0) is 19.1 Å². The molecule has 0 aliphatic heterocycles. The third-order valence-electron chi connectivity index (χ3n) is 1.88. The molecule has 1 aliphatic carbocycles. The lowest BCUT2D eigenvalue weighted by Gasteiger charge is -2.19. The average Bonchev–Trinajstić information content (AvgIpc) is 2.82. The molecule has 0 unspecified atom stereocenters. The molecule has 0 aromatic heterocycles. The zero-order valence-electron chi connectivity index (χ0n) is 7.52. The van der Waals surface area contributed by atoms with E-state index in [1.54, 1.807) is 0 Å². The molecule has 1 saturated carbocycles. The maximum Gasteiger partial charge on any atom is 0.323 e. The summed E-state index contributed by atoms with van der Waals surface area (Å²) in [4.78, 5) is 23.3. The number of rotatable bonds is 5. The van der Waals surface area contributed by atoms with Crippen molar-refractivity contribution in [2.45, 2.75) is 18.9 Å². The molecule has 1 rings (SSSR count). The van der Waals surface area contributed by atoms with Gasteiger partial charge in [0.15, 0.2) is 0 Å². The lowest BCUT2D eigenvalue weighted by molar-refractivity contribution is -0.143. The van der Waals surface area contributed by atoms with Crippen molar-refractivity contribution in [3.05, 3.63) is 0 Å². The van der Waals surface area contributed by atoms with Gasteiger partial charge in [-0.2, -0.15) is 11.8 Å². The monoisotopic (exact) mass is 203 g/mol. The Morgan fingerprint density at radius 2 is 2.15 bits per heavy atom. The Hall–Kier alpha value is -0.710. The fraction of sp³-hybridized carbons (Fsp3) is 0.750. The quantitative estimate of drug-likeness (QED) is 0.703. The van der Waals surface area contributed by atoms with Gasteiger partial charge in [-0.3, -0.25) is 9.59 Å². The Labute approximate surface area is 81.3 Å². The highest BCUT2D eigenvalue weighted by molar-refractivity contribution is 7.99. The first-order valence-corrected chi connectivity index (χ1v) is 5.54. The van der Waals surface area contributed by atoms with Gasteiger partial charge in [0.2, 0.25) is 5.91 Å². The van der Waals surface area contributed by atoms with E-state index in [9.17, 15) is 9.59 Å². The van der Waals surface area contributed by atoms with Crippen LogP contribution in [0.15, 0.2) is 0 Å². The minimum Gasteiger partial charge on any atom is -0.480 e. The van der Waals surface area contributed by atoms with Gasteiger partial charge in [0, 0.05) is 6.04 Å². The van der Waals surface area contributed by atoms with Gasteiger partial charge >= 0.3 is 5.97 Å². The molecule has 0 aromatic rings. The van der Waals surface area contributed by atoms with E-state index in [0.717, 1.165) is 12.8 Å². The molecule has 13 heavy (non-hydrogen) atoms. The van der Waals surface area contributed by atoms with Crippen LogP contribution in [-0.4, -0.2) is 46.5 Å². The number of aliphatic carboxylic acids is 1. The van der Waals surface area contributed by atoms with E-state index in [1.807, 2.05) is 6.26 Å². The van der Waals surface area contributed by atoms with Crippen LogP contribution in [0.25, 0.3) is 0 Å². The smallest absolute Gasteiger partial charge is 0.323 e. The minimum atomic E-state index is -0.929. The first kappa shape index (κ1) is 10.4. The molecule has 0 aromatic carbocycles. The van der Waals surface area contributed by atoms with Crippen LogP contribution in [0.4, 0.5) is 0 Å². The number of carbonyl (C=O) groups excluding carboxylic acids is 1.